The molecule has 0 radical (unpaired) electrons. The van der Waals surface area contributed by atoms with Gasteiger partial charge in [0.15, 0.2) is 0 Å². The Balaban J connectivity index is 4.14. The zero-order valence-electron chi connectivity index (χ0n) is 11.7. The van der Waals surface area contributed by atoms with Crippen LogP contribution in [-0.4, -0.2) is 34.3 Å². The molecule has 0 saturated heterocycles. The second-order valence-corrected chi connectivity index (χ2v) is 7.17. The highest BCUT2D eigenvalue weighted by atomic mass is 32.2. The molecular weight excluding hydrogens is 218 g/mol. The molecule has 0 rings (SSSR count). The molecule has 0 aromatic carbocycles. The van der Waals surface area contributed by atoms with Gasteiger partial charge in [-0.2, -0.15) is 11.8 Å². The van der Waals surface area contributed by atoms with Crippen LogP contribution in [0.15, 0.2) is 0 Å². The molecule has 0 aliphatic heterocycles. The maximum absolute atomic E-state index is 9.44. The van der Waals surface area contributed by atoms with Crippen molar-refractivity contribution in [2.24, 2.45) is 5.92 Å². The summed E-state index contributed by atoms with van der Waals surface area (Å²) in [4.78, 5) is 0. The lowest BCUT2D eigenvalue weighted by Gasteiger charge is -2.32. The van der Waals surface area contributed by atoms with Crippen molar-refractivity contribution < 1.29 is 5.11 Å². The topological polar surface area (TPSA) is 32.3 Å². The molecule has 0 bridgehead atoms. The molecule has 0 aromatic rings. The number of aliphatic hydroxyl groups is 1. The molecule has 0 fully saturated rings. The molecule has 0 heterocycles. The minimum Gasteiger partial charge on any atom is -0.394 e. The Morgan fingerprint density at radius 2 is 1.81 bits per heavy atom. The smallest absolute Gasteiger partial charge is 0.0611 e. The summed E-state index contributed by atoms with van der Waals surface area (Å²) in [5.41, 5.74) is -0.127. The van der Waals surface area contributed by atoms with Crippen LogP contribution >= 0.6 is 11.8 Å². The van der Waals surface area contributed by atoms with Crippen molar-refractivity contribution in [1.82, 2.24) is 5.32 Å². The second kappa shape index (κ2) is 7.57. The Bertz CT molecular complexity index is 187. The third-order valence-corrected chi connectivity index (χ3v) is 4.68. The van der Waals surface area contributed by atoms with Crippen LogP contribution in [0.25, 0.3) is 0 Å². The van der Waals surface area contributed by atoms with Crippen LogP contribution in [0.3, 0.4) is 0 Å². The number of likely N-dealkylation sites (N-methyl/N-ethyl adjacent to an activating group) is 1. The summed E-state index contributed by atoms with van der Waals surface area (Å²) in [7, 11) is 0. The molecule has 2 N–H and O–H groups in total. The van der Waals surface area contributed by atoms with Crippen LogP contribution in [0.4, 0.5) is 0 Å². The Labute approximate surface area is 106 Å². The fourth-order valence-electron chi connectivity index (χ4n) is 1.83. The maximum atomic E-state index is 9.44. The molecule has 3 atom stereocenters. The number of hydrogen-bond donors (Lipinski definition) is 2. The Morgan fingerprint density at radius 3 is 2.19 bits per heavy atom. The molecule has 0 spiro atoms. The van der Waals surface area contributed by atoms with E-state index < -0.39 is 0 Å². The summed E-state index contributed by atoms with van der Waals surface area (Å²) >= 11 is 2.02. The van der Waals surface area contributed by atoms with Crippen molar-refractivity contribution in [3.05, 3.63) is 0 Å². The number of thioether (sulfide) groups is 1. The fraction of sp³-hybridized carbons (Fsp3) is 1.00. The Hall–Kier alpha value is 0.270. The highest BCUT2D eigenvalue weighted by molar-refractivity contribution is 8.00. The number of nitrogens with one attached hydrogen (secondary N) is 1. The third kappa shape index (κ3) is 6.12. The summed E-state index contributed by atoms with van der Waals surface area (Å²) in [6, 6.07) is 0. The van der Waals surface area contributed by atoms with Crippen molar-refractivity contribution in [3.8, 4) is 0 Å². The van der Waals surface area contributed by atoms with E-state index in [1.807, 2.05) is 11.8 Å². The summed E-state index contributed by atoms with van der Waals surface area (Å²) in [5.74, 6) is 0.715. The fourth-order valence-corrected chi connectivity index (χ4v) is 3.34. The van der Waals surface area contributed by atoms with Crippen molar-refractivity contribution in [2.75, 3.05) is 13.2 Å². The first-order valence-electron chi connectivity index (χ1n) is 6.36. The normalized spacial score (nSPS) is 19.5. The molecule has 3 heteroatoms. The van der Waals surface area contributed by atoms with Crippen molar-refractivity contribution >= 4 is 11.8 Å². The van der Waals surface area contributed by atoms with E-state index in [2.05, 4.69) is 46.9 Å². The SMILES string of the molecule is CCNC(C)(CO)CC(C)SC(C)C(C)C. The van der Waals surface area contributed by atoms with E-state index in [4.69, 9.17) is 0 Å². The van der Waals surface area contributed by atoms with E-state index in [-0.39, 0.29) is 12.1 Å². The lowest BCUT2D eigenvalue weighted by molar-refractivity contribution is 0.168. The zero-order valence-corrected chi connectivity index (χ0v) is 12.5. The average Bonchev–Trinajstić information content (AvgIpc) is 2.17. The maximum Gasteiger partial charge on any atom is 0.0611 e. The van der Waals surface area contributed by atoms with Gasteiger partial charge >= 0.3 is 0 Å². The van der Waals surface area contributed by atoms with Crippen LogP contribution < -0.4 is 5.32 Å². The lowest BCUT2D eigenvalue weighted by Crippen LogP contribution is -2.47. The van der Waals surface area contributed by atoms with Crippen LogP contribution in [0.5, 0.6) is 0 Å². The molecule has 0 amide bonds. The van der Waals surface area contributed by atoms with Crippen LogP contribution in [0.1, 0.15) is 48.0 Å². The quantitative estimate of drug-likeness (QED) is 0.692. The summed E-state index contributed by atoms with van der Waals surface area (Å²) < 4.78 is 0. The van der Waals surface area contributed by atoms with E-state index in [1.54, 1.807) is 0 Å². The Kier molecular flexibility index (Phi) is 7.70. The van der Waals surface area contributed by atoms with Gasteiger partial charge in [0.1, 0.15) is 0 Å². The van der Waals surface area contributed by atoms with Gasteiger partial charge in [0.25, 0.3) is 0 Å². The monoisotopic (exact) mass is 247 g/mol. The van der Waals surface area contributed by atoms with Crippen molar-refractivity contribution in [2.45, 2.75) is 64.0 Å². The molecule has 2 nitrogen and oxygen atoms in total. The largest absolute Gasteiger partial charge is 0.394 e. The van der Waals surface area contributed by atoms with E-state index in [0.29, 0.717) is 16.4 Å². The van der Waals surface area contributed by atoms with Crippen LogP contribution in [0.2, 0.25) is 0 Å². The predicted molar refractivity (Wildman–Crippen MR) is 75.1 cm³/mol. The molecular formula is C13H29NOS. The number of aliphatic hydroxyl groups excluding tert-OH is 1. The van der Waals surface area contributed by atoms with Gasteiger partial charge in [-0.15, -0.1) is 0 Å². The van der Waals surface area contributed by atoms with Crippen molar-refractivity contribution in [1.29, 1.82) is 0 Å². The van der Waals surface area contributed by atoms with Gasteiger partial charge in [0.05, 0.1) is 6.61 Å². The molecule has 3 unspecified atom stereocenters. The average molecular weight is 247 g/mol. The van der Waals surface area contributed by atoms with E-state index in [1.165, 1.54) is 0 Å². The molecule has 98 valence electrons. The molecule has 0 saturated carbocycles. The highest BCUT2D eigenvalue weighted by Gasteiger charge is 2.26. The lowest BCUT2D eigenvalue weighted by atomic mass is 9.97. The number of rotatable bonds is 8. The summed E-state index contributed by atoms with van der Waals surface area (Å²) in [5, 5.41) is 14.1. The van der Waals surface area contributed by atoms with Gasteiger partial charge in [0.2, 0.25) is 0 Å². The van der Waals surface area contributed by atoms with Crippen LogP contribution in [0, 0.1) is 5.92 Å². The van der Waals surface area contributed by atoms with Gasteiger partial charge in [-0.1, -0.05) is 34.6 Å². The van der Waals surface area contributed by atoms with Crippen LogP contribution in [-0.2, 0) is 0 Å². The van der Waals surface area contributed by atoms with E-state index in [0.717, 1.165) is 13.0 Å². The van der Waals surface area contributed by atoms with Gasteiger partial charge < -0.3 is 10.4 Å². The van der Waals surface area contributed by atoms with Gasteiger partial charge in [-0.05, 0) is 25.8 Å². The first-order valence-corrected chi connectivity index (χ1v) is 7.30. The minimum atomic E-state index is -0.127. The molecule has 0 aliphatic carbocycles. The van der Waals surface area contributed by atoms with E-state index >= 15 is 0 Å². The second-order valence-electron chi connectivity index (χ2n) is 5.35. The first kappa shape index (κ1) is 16.3. The highest BCUT2D eigenvalue weighted by Crippen LogP contribution is 2.28. The summed E-state index contributed by atoms with van der Waals surface area (Å²) in [6.07, 6.45) is 1.01. The third-order valence-electron chi connectivity index (χ3n) is 3.08. The summed E-state index contributed by atoms with van der Waals surface area (Å²) in [6.45, 7) is 14.4. The molecule has 0 aromatic heterocycles. The standard InChI is InChI=1S/C13H29NOS/c1-7-14-13(6,9-15)8-11(4)16-12(5)10(2)3/h10-12,14-15H,7-9H2,1-6H3. The molecule has 16 heavy (non-hydrogen) atoms. The van der Waals surface area contributed by atoms with Gasteiger partial charge in [-0.3, -0.25) is 0 Å². The minimum absolute atomic E-state index is 0.127. The number of hydrogen-bond acceptors (Lipinski definition) is 3. The van der Waals surface area contributed by atoms with Gasteiger partial charge in [-0.25, -0.2) is 0 Å². The van der Waals surface area contributed by atoms with E-state index in [9.17, 15) is 5.11 Å². The first-order chi connectivity index (χ1) is 7.34. The van der Waals surface area contributed by atoms with Gasteiger partial charge in [0, 0.05) is 16.0 Å². The Morgan fingerprint density at radius 1 is 1.25 bits per heavy atom. The van der Waals surface area contributed by atoms with Crippen molar-refractivity contribution in [3.63, 3.8) is 0 Å². The molecule has 0 aliphatic rings. The zero-order chi connectivity index (χ0) is 12.8. The predicted octanol–water partition coefficient (Wildman–Crippen LogP) is 2.90.